The topological polar surface area (TPSA) is 52.6 Å². The zero-order chi connectivity index (χ0) is 15.2. The Kier molecular flexibility index (Phi) is 4.72. The second kappa shape index (κ2) is 6.70. The molecule has 0 spiro atoms. The molecule has 0 radical (unpaired) electrons. The third-order valence-electron chi connectivity index (χ3n) is 3.17. The first-order valence-electron chi connectivity index (χ1n) is 6.48. The first-order chi connectivity index (χ1) is 10.1. The van der Waals surface area contributed by atoms with E-state index < -0.39 is 0 Å². The standard InChI is InChI=1S/C17H16O4/c1-20-16(18)11-12-3-5-13(6-4-12)14-7-9-15(10-8-14)17(19)21-2/h3-10H,11H2,1-2H3. The molecule has 2 rings (SSSR count). The summed E-state index contributed by atoms with van der Waals surface area (Å²) in [5.74, 6) is -0.611. The molecule has 0 aliphatic heterocycles. The van der Waals surface area contributed by atoms with Gasteiger partial charge in [-0.3, -0.25) is 4.79 Å². The number of hydrogen-bond donors (Lipinski definition) is 0. The Morgan fingerprint density at radius 1 is 0.810 bits per heavy atom. The molecular formula is C17H16O4. The Balaban J connectivity index is 2.15. The highest BCUT2D eigenvalue weighted by Gasteiger charge is 2.06. The van der Waals surface area contributed by atoms with E-state index in [1.54, 1.807) is 12.1 Å². The molecular weight excluding hydrogens is 268 g/mol. The van der Waals surface area contributed by atoms with Crippen LogP contribution in [-0.4, -0.2) is 26.2 Å². The van der Waals surface area contributed by atoms with Crippen molar-refractivity contribution in [2.24, 2.45) is 0 Å². The monoisotopic (exact) mass is 284 g/mol. The maximum absolute atomic E-state index is 11.4. The highest BCUT2D eigenvalue weighted by Crippen LogP contribution is 2.21. The van der Waals surface area contributed by atoms with Crippen LogP contribution in [0.4, 0.5) is 0 Å². The molecule has 2 aromatic rings. The molecule has 0 unspecified atom stereocenters. The van der Waals surface area contributed by atoms with Crippen LogP contribution in [0.3, 0.4) is 0 Å². The second-order valence-corrected chi connectivity index (χ2v) is 4.52. The van der Waals surface area contributed by atoms with Crippen LogP contribution in [0, 0.1) is 0 Å². The van der Waals surface area contributed by atoms with Gasteiger partial charge in [0.25, 0.3) is 0 Å². The molecule has 21 heavy (non-hydrogen) atoms. The minimum atomic E-state index is -0.352. The Labute approximate surface area is 123 Å². The van der Waals surface area contributed by atoms with Crippen molar-refractivity contribution in [1.82, 2.24) is 0 Å². The van der Waals surface area contributed by atoms with Crippen LogP contribution >= 0.6 is 0 Å². The molecule has 0 aliphatic rings. The van der Waals surface area contributed by atoms with Gasteiger partial charge in [0, 0.05) is 0 Å². The van der Waals surface area contributed by atoms with E-state index in [1.807, 2.05) is 36.4 Å². The van der Waals surface area contributed by atoms with E-state index in [1.165, 1.54) is 14.2 Å². The third kappa shape index (κ3) is 3.69. The van der Waals surface area contributed by atoms with E-state index in [2.05, 4.69) is 9.47 Å². The van der Waals surface area contributed by atoms with Crippen LogP contribution in [0.5, 0.6) is 0 Å². The fourth-order valence-corrected chi connectivity index (χ4v) is 1.97. The van der Waals surface area contributed by atoms with Crippen molar-refractivity contribution in [3.63, 3.8) is 0 Å². The first kappa shape index (κ1) is 14.8. The maximum Gasteiger partial charge on any atom is 0.337 e. The normalized spacial score (nSPS) is 10.0. The summed E-state index contributed by atoms with van der Waals surface area (Å²) < 4.78 is 9.29. The third-order valence-corrected chi connectivity index (χ3v) is 3.17. The lowest BCUT2D eigenvalue weighted by molar-refractivity contribution is -0.139. The highest BCUT2D eigenvalue weighted by molar-refractivity contribution is 5.90. The lowest BCUT2D eigenvalue weighted by Gasteiger charge is -2.05. The molecule has 4 nitrogen and oxygen atoms in total. The van der Waals surface area contributed by atoms with Gasteiger partial charge in [-0.2, -0.15) is 0 Å². The number of benzene rings is 2. The predicted octanol–water partition coefficient (Wildman–Crippen LogP) is 2.86. The van der Waals surface area contributed by atoms with Crippen molar-refractivity contribution in [2.45, 2.75) is 6.42 Å². The quantitative estimate of drug-likeness (QED) is 0.810. The van der Waals surface area contributed by atoms with Crippen LogP contribution in [-0.2, 0) is 20.7 Å². The summed E-state index contributed by atoms with van der Waals surface area (Å²) in [5.41, 5.74) is 3.42. The van der Waals surface area contributed by atoms with Gasteiger partial charge in [0.1, 0.15) is 0 Å². The zero-order valence-electron chi connectivity index (χ0n) is 12.0. The molecule has 0 atom stereocenters. The van der Waals surface area contributed by atoms with Crippen molar-refractivity contribution in [1.29, 1.82) is 0 Å². The Hall–Kier alpha value is -2.62. The molecule has 2 aromatic carbocycles. The number of hydrogen-bond acceptors (Lipinski definition) is 4. The van der Waals surface area contributed by atoms with Gasteiger partial charge in [-0.15, -0.1) is 0 Å². The average molecular weight is 284 g/mol. The molecule has 0 amide bonds. The van der Waals surface area contributed by atoms with Crippen LogP contribution < -0.4 is 0 Å². The summed E-state index contributed by atoms with van der Waals surface area (Å²) in [6, 6.07) is 14.8. The van der Waals surface area contributed by atoms with Gasteiger partial charge in [0.2, 0.25) is 0 Å². The molecule has 0 bridgehead atoms. The van der Waals surface area contributed by atoms with Crippen molar-refractivity contribution >= 4 is 11.9 Å². The molecule has 4 heteroatoms. The minimum Gasteiger partial charge on any atom is -0.469 e. The molecule has 108 valence electrons. The van der Waals surface area contributed by atoms with E-state index in [-0.39, 0.29) is 18.4 Å². The smallest absolute Gasteiger partial charge is 0.337 e. The number of ether oxygens (including phenoxy) is 2. The summed E-state index contributed by atoms with van der Waals surface area (Å²) in [7, 11) is 2.73. The van der Waals surface area contributed by atoms with Crippen LogP contribution in [0.15, 0.2) is 48.5 Å². The largest absolute Gasteiger partial charge is 0.469 e. The van der Waals surface area contributed by atoms with Crippen molar-refractivity contribution in [3.8, 4) is 11.1 Å². The fraction of sp³-hybridized carbons (Fsp3) is 0.176. The predicted molar refractivity (Wildman–Crippen MR) is 78.9 cm³/mol. The van der Waals surface area contributed by atoms with Crippen molar-refractivity contribution < 1.29 is 19.1 Å². The SMILES string of the molecule is COC(=O)Cc1ccc(-c2ccc(C(=O)OC)cc2)cc1. The Bertz CT molecular complexity index is 627. The van der Waals surface area contributed by atoms with Gasteiger partial charge in [0.15, 0.2) is 0 Å². The van der Waals surface area contributed by atoms with Crippen molar-refractivity contribution in [2.75, 3.05) is 14.2 Å². The zero-order valence-corrected chi connectivity index (χ0v) is 12.0. The van der Waals surface area contributed by atoms with E-state index in [9.17, 15) is 9.59 Å². The van der Waals surface area contributed by atoms with E-state index in [4.69, 9.17) is 0 Å². The highest BCUT2D eigenvalue weighted by atomic mass is 16.5. The average Bonchev–Trinajstić information content (AvgIpc) is 2.55. The summed E-state index contributed by atoms with van der Waals surface area (Å²) >= 11 is 0. The number of carbonyl (C=O) groups is 2. The lowest BCUT2D eigenvalue weighted by Crippen LogP contribution is -2.04. The van der Waals surface area contributed by atoms with Crippen molar-refractivity contribution in [3.05, 3.63) is 59.7 Å². The van der Waals surface area contributed by atoms with Crippen LogP contribution in [0.2, 0.25) is 0 Å². The summed E-state index contributed by atoms with van der Waals surface area (Å²) in [5, 5.41) is 0. The van der Waals surface area contributed by atoms with E-state index in [0.29, 0.717) is 5.56 Å². The lowest BCUT2D eigenvalue weighted by atomic mass is 10.0. The molecule has 0 heterocycles. The Morgan fingerprint density at radius 2 is 1.33 bits per heavy atom. The number of carbonyl (C=O) groups excluding carboxylic acids is 2. The van der Waals surface area contributed by atoms with Gasteiger partial charge in [-0.25, -0.2) is 4.79 Å². The van der Waals surface area contributed by atoms with E-state index >= 15 is 0 Å². The second-order valence-electron chi connectivity index (χ2n) is 4.52. The summed E-state index contributed by atoms with van der Waals surface area (Å²) in [6.45, 7) is 0. The summed E-state index contributed by atoms with van der Waals surface area (Å²) in [4.78, 5) is 22.6. The summed E-state index contributed by atoms with van der Waals surface area (Å²) in [6.07, 6.45) is 0.262. The maximum atomic E-state index is 11.4. The number of methoxy groups -OCH3 is 2. The molecule has 0 saturated heterocycles. The van der Waals surface area contributed by atoms with Gasteiger partial charge in [0.05, 0.1) is 26.2 Å². The number of esters is 2. The van der Waals surface area contributed by atoms with Gasteiger partial charge < -0.3 is 9.47 Å². The number of rotatable bonds is 4. The molecule has 0 saturated carbocycles. The van der Waals surface area contributed by atoms with Crippen LogP contribution in [0.1, 0.15) is 15.9 Å². The first-order valence-corrected chi connectivity index (χ1v) is 6.48. The molecule has 0 N–H and O–H groups in total. The molecule has 0 fully saturated rings. The fourth-order valence-electron chi connectivity index (χ4n) is 1.97. The minimum absolute atomic E-state index is 0.259. The Morgan fingerprint density at radius 3 is 1.81 bits per heavy atom. The van der Waals surface area contributed by atoms with Gasteiger partial charge >= 0.3 is 11.9 Å². The van der Waals surface area contributed by atoms with Gasteiger partial charge in [-0.05, 0) is 28.8 Å². The van der Waals surface area contributed by atoms with Gasteiger partial charge in [-0.1, -0.05) is 36.4 Å². The van der Waals surface area contributed by atoms with Crippen LogP contribution in [0.25, 0.3) is 11.1 Å². The van der Waals surface area contributed by atoms with E-state index in [0.717, 1.165) is 16.7 Å². The molecule has 0 aromatic heterocycles. The molecule has 0 aliphatic carbocycles.